The number of hydrogen-bond acceptors (Lipinski definition) is 5. The van der Waals surface area contributed by atoms with Gasteiger partial charge < -0.3 is 9.52 Å². The maximum atomic E-state index is 10.7. The Bertz CT molecular complexity index is 750. The van der Waals surface area contributed by atoms with Crippen molar-refractivity contribution in [2.75, 3.05) is 0 Å². The minimum atomic E-state index is -1.12. The summed E-state index contributed by atoms with van der Waals surface area (Å²) in [5.74, 6) is -0.867. The van der Waals surface area contributed by atoms with Gasteiger partial charge in [-0.15, -0.1) is 11.3 Å². The number of carboxylic acids is 1. The molecule has 3 aromatic rings. The van der Waals surface area contributed by atoms with E-state index in [1.807, 2.05) is 0 Å². The summed E-state index contributed by atoms with van der Waals surface area (Å²) < 4.78 is 5.95. The van der Waals surface area contributed by atoms with Gasteiger partial charge in [0.1, 0.15) is 6.26 Å². The Hall–Kier alpha value is -1.92. The van der Waals surface area contributed by atoms with Gasteiger partial charge in [-0.25, -0.2) is 9.78 Å². The molecule has 3 aromatic heterocycles. The molecule has 18 heavy (non-hydrogen) atoms. The van der Waals surface area contributed by atoms with Gasteiger partial charge in [0.25, 0.3) is 0 Å². The third-order valence-electron chi connectivity index (χ3n) is 2.30. The van der Waals surface area contributed by atoms with Gasteiger partial charge in [0.15, 0.2) is 5.69 Å². The lowest BCUT2D eigenvalue weighted by atomic mass is 10.3. The molecule has 3 heterocycles. The van der Waals surface area contributed by atoms with E-state index >= 15 is 0 Å². The zero-order valence-electron chi connectivity index (χ0n) is 8.75. The van der Waals surface area contributed by atoms with Crippen LogP contribution in [0.1, 0.15) is 10.5 Å². The van der Waals surface area contributed by atoms with Gasteiger partial charge in [0.05, 0.1) is 20.1 Å². The number of carboxylic acid groups (broad SMARTS) is 1. The highest BCUT2D eigenvalue weighted by Gasteiger charge is 2.15. The molecule has 0 amide bonds. The van der Waals surface area contributed by atoms with E-state index in [4.69, 9.17) is 21.1 Å². The molecule has 0 unspecified atom stereocenters. The molecule has 0 saturated carbocycles. The molecule has 1 N–H and O–H groups in total. The summed E-state index contributed by atoms with van der Waals surface area (Å²) in [7, 11) is 0. The number of aromatic nitrogens is 2. The number of hydrogen-bond donors (Lipinski definition) is 1. The molecule has 0 spiro atoms. The summed E-state index contributed by atoms with van der Waals surface area (Å²) in [6.07, 6.45) is 2.72. The van der Waals surface area contributed by atoms with Crippen molar-refractivity contribution in [1.82, 2.24) is 9.97 Å². The van der Waals surface area contributed by atoms with Gasteiger partial charge in [0.2, 0.25) is 5.89 Å². The van der Waals surface area contributed by atoms with Gasteiger partial charge in [-0.05, 0) is 12.1 Å². The molecule has 0 aliphatic carbocycles. The lowest BCUT2D eigenvalue weighted by Gasteiger charge is -1.88. The monoisotopic (exact) mass is 280 g/mol. The Labute approximate surface area is 110 Å². The van der Waals surface area contributed by atoms with E-state index in [0.29, 0.717) is 9.90 Å². The van der Waals surface area contributed by atoms with Crippen LogP contribution in [0.5, 0.6) is 0 Å². The number of oxazole rings is 1. The summed E-state index contributed by atoms with van der Waals surface area (Å²) in [6.45, 7) is 0. The van der Waals surface area contributed by atoms with E-state index in [1.54, 1.807) is 18.3 Å². The predicted molar refractivity (Wildman–Crippen MR) is 67.1 cm³/mol. The SMILES string of the molecule is O=C(O)c1coc(-c2cc3nccc(Cl)c3s2)n1. The zero-order chi connectivity index (χ0) is 12.7. The second-order valence-electron chi connectivity index (χ2n) is 3.46. The van der Waals surface area contributed by atoms with Crippen molar-refractivity contribution in [2.45, 2.75) is 0 Å². The molecule has 3 rings (SSSR count). The van der Waals surface area contributed by atoms with Crippen LogP contribution in [0, 0.1) is 0 Å². The molecule has 0 atom stereocenters. The average molecular weight is 281 g/mol. The molecule has 90 valence electrons. The van der Waals surface area contributed by atoms with Gasteiger partial charge in [0, 0.05) is 6.20 Å². The molecule has 5 nitrogen and oxygen atoms in total. The van der Waals surface area contributed by atoms with Gasteiger partial charge in [-0.2, -0.15) is 0 Å². The van der Waals surface area contributed by atoms with Gasteiger partial charge in [-0.3, -0.25) is 4.98 Å². The van der Waals surface area contributed by atoms with Crippen molar-refractivity contribution in [3.05, 3.63) is 35.3 Å². The van der Waals surface area contributed by atoms with Crippen molar-refractivity contribution >= 4 is 39.1 Å². The highest BCUT2D eigenvalue weighted by molar-refractivity contribution is 7.22. The minimum absolute atomic E-state index is 0.124. The molecule has 7 heteroatoms. The second-order valence-corrected chi connectivity index (χ2v) is 4.92. The summed E-state index contributed by atoms with van der Waals surface area (Å²) in [6, 6.07) is 3.46. The fourth-order valence-corrected chi connectivity index (χ4v) is 2.72. The maximum Gasteiger partial charge on any atom is 0.357 e. The highest BCUT2D eigenvalue weighted by Crippen LogP contribution is 2.35. The van der Waals surface area contributed by atoms with E-state index in [-0.39, 0.29) is 11.6 Å². The van der Waals surface area contributed by atoms with Crippen LogP contribution in [-0.4, -0.2) is 21.0 Å². The van der Waals surface area contributed by atoms with Crippen LogP contribution in [0.25, 0.3) is 21.0 Å². The molecule has 0 saturated heterocycles. The molecule has 0 aromatic carbocycles. The van der Waals surface area contributed by atoms with Crippen molar-refractivity contribution in [1.29, 1.82) is 0 Å². The summed E-state index contributed by atoms with van der Waals surface area (Å²) >= 11 is 7.40. The first-order valence-corrected chi connectivity index (χ1v) is 6.08. The van der Waals surface area contributed by atoms with E-state index in [9.17, 15) is 4.79 Å². The third kappa shape index (κ3) is 1.75. The quantitative estimate of drug-likeness (QED) is 0.779. The normalized spacial score (nSPS) is 10.9. The number of rotatable bonds is 2. The number of pyridine rings is 1. The smallest absolute Gasteiger partial charge is 0.357 e. The Morgan fingerprint density at radius 2 is 2.33 bits per heavy atom. The molecule has 0 aliphatic rings. The number of nitrogens with zero attached hydrogens (tertiary/aromatic N) is 2. The zero-order valence-corrected chi connectivity index (χ0v) is 10.3. The molecular weight excluding hydrogens is 276 g/mol. The molecular formula is C11H5ClN2O3S. The van der Waals surface area contributed by atoms with Crippen molar-refractivity contribution in [3.63, 3.8) is 0 Å². The number of halogens is 1. The van der Waals surface area contributed by atoms with Crippen LogP contribution >= 0.6 is 22.9 Å². The lowest BCUT2D eigenvalue weighted by molar-refractivity contribution is 0.0690. The third-order valence-corrected chi connectivity index (χ3v) is 3.87. The summed E-state index contributed by atoms with van der Waals surface area (Å²) in [5.41, 5.74) is 0.610. The van der Waals surface area contributed by atoms with E-state index in [2.05, 4.69) is 9.97 Å². The van der Waals surface area contributed by atoms with Crippen LogP contribution in [0.4, 0.5) is 0 Å². The van der Waals surface area contributed by atoms with E-state index in [1.165, 1.54) is 11.3 Å². The molecule has 0 aliphatic heterocycles. The summed E-state index contributed by atoms with van der Waals surface area (Å²) in [4.78, 5) is 19.5. The topological polar surface area (TPSA) is 76.2 Å². The summed E-state index contributed by atoms with van der Waals surface area (Å²) in [5, 5.41) is 9.37. The number of carbonyl (C=O) groups is 1. The highest BCUT2D eigenvalue weighted by atomic mass is 35.5. The number of fused-ring (bicyclic) bond motifs is 1. The Morgan fingerprint density at radius 3 is 3.00 bits per heavy atom. The molecule has 0 bridgehead atoms. The fraction of sp³-hybridized carbons (Fsp3) is 0. The predicted octanol–water partition coefficient (Wildman–Crippen LogP) is 3.30. The lowest BCUT2D eigenvalue weighted by Crippen LogP contribution is -1.95. The first-order chi connectivity index (χ1) is 8.65. The maximum absolute atomic E-state index is 10.7. The van der Waals surface area contributed by atoms with Crippen molar-refractivity contribution in [2.24, 2.45) is 0 Å². The van der Waals surface area contributed by atoms with Crippen LogP contribution in [0.2, 0.25) is 5.02 Å². The Kier molecular flexibility index (Phi) is 2.53. The van der Waals surface area contributed by atoms with Crippen molar-refractivity contribution in [3.8, 4) is 10.8 Å². The van der Waals surface area contributed by atoms with E-state index < -0.39 is 5.97 Å². The van der Waals surface area contributed by atoms with Crippen LogP contribution in [-0.2, 0) is 0 Å². The Balaban J connectivity index is 2.13. The number of thiophene rings is 1. The van der Waals surface area contributed by atoms with Crippen LogP contribution < -0.4 is 0 Å². The van der Waals surface area contributed by atoms with E-state index in [0.717, 1.165) is 16.5 Å². The second kappa shape index (κ2) is 4.08. The fourth-order valence-electron chi connectivity index (χ4n) is 1.50. The average Bonchev–Trinajstić information content (AvgIpc) is 2.95. The van der Waals surface area contributed by atoms with Crippen LogP contribution in [0.3, 0.4) is 0 Å². The van der Waals surface area contributed by atoms with Crippen molar-refractivity contribution < 1.29 is 14.3 Å². The largest absolute Gasteiger partial charge is 0.476 e. The Morgan fingerprint density at radius 1 is 1.50 bits per heavy atom. The minimum Gasteiger partial charge on any atom is -0.476 e. The first kappa shape index (κ1) is 11.2. The van der Waals surface area contributed by atoms with Crippen LogP contribution in [0.15, 0.2) is 29.0 Å². The van der Waals surface area contributed by atoms with Gasteiger partial charge >= 0.3 is 5.97 Å². The molecule has 0 radical (unpaired) electrons. The molecule has 0 fully saturated rings. The first-order valence-electron chi connectivity index (χ1n) is 4.88. The standard InChI is InChI=1S/C11H5ClN2O3S/c12-5-1-2-13-6-3-8(18-9(5)6)10-14-7(4-17-10)11(15)16/h1-4H,(H,15,16). The number of aromatic carboxylic acids is 1. The van der Waals surface area contributed by atoms with Gasteiger partial charge in [-0.1, -0.05) is 11.6 Å².